The summed E-state index contributed by atoms with van der Waals surface area (Å²) in [4.78, 5) is 56.7. The summed E-state index contributed by atoms with van der Waals surface area (Å²) in [5.74, 6) is -2.09. The van der Waals surface area contributed by atoms with Crippen LogP contribution >= 0.6 is 0 Å². The molecule has 0 fully saturated rings. The van der Waals surface area contributed by atoms with Crippen molar-refractivity contribution in [1.82, 2.24) is 9.55 Å². The molecular weight excluding hydrogens is 512 g/mol. The van der Waals surface area contributed by atoms with Gasteiger partial charge in [0.25, 0.3) is 5.56 Å². The molecule has 9 heteroatoms. The van der Waals surface area contributed by atoms with E-state index in [0.717, 1.165) is 22.0 Å². The smallest absolute Gasteiger partial charge is 0.355 e. The molecule has 2 aliphatic heterocycles. The van der Waals surface area contributed by atoms with Gasteiger partial charge in [0.15, 0.2) is 0 Å². The molecule has 2 aliphatic rings. The molecule has 0 radical (unpaired) electrons. The minimum atomic E-state index is -1.81. The fourth-order valence-corrected chi connectivity index (χ4v) is 5.34. The van der Waals surface area contributed by atoms with E-state index in [-0.39, 0.29) is 43.6 Å². The van der Waals surface area contributed by atoms with Gasteiger partial charge in [0.1, 0.15) is 13.2 Å². The van der Waals surface area contributed by atoms with Crippen LogP contribution in [0.15, 0.2) is 71.5 Å². The first-order chi connectivity index (χ1) is 19.4. The second-order valence-electron chi connectivity index (χ2n) is 9.88. The first-order valence-corrected chi connectivity index (χ1v) is 13.1. The number of carbonyl (C=O) groups is 3. The third kappa shape index (κ3) is 4.33. The highest BCUT2D eigenvalue weighted by atomic mass is 16.6. The van der Waals surface area contributed by atoms with Gasteiger partial charge in [-0.25, -0.2) is 9.78 Å². The second-order valence-corrected chi connectivity index (χ2v) is 9.88. The zero-order valence-electron chi connectivity index (χ0n) is 21.8. The second kappa shape index (κ2) is 10.1. The SMILES string of the molecule is CC[C@@]1(OC(=O)CCC(=O)OCc2ccccc2)C(=O)OCc2c1cc1n(c2=O)Cc2cc3ccccc3nc2-1. The topological polar surface area (TPSA) is 114 Å². The standard InChI is InChI=1S/C31H26N2O7/c1-2-31(40-27(35)13-12-26(34)38-17-19-8-4-3-5-9-19)23-15-25-28-21(14-20-10-6-7-11-24(20)32-28)16-33(25)29(36)22(23)18-39-30(31)37/h3-11,14-15H,2,12-13,16-18H2,1H3/t31-/m0/s1. The summed E-state index contributed by atoms with van der Waals surface area (Å²) < 4.78 is 18.0. The molecule has 9 nitrogen and oxygen atoms in total. The van der Waals surface area contributed by atoms with Crippen molar-refractivity contribution in [1.29, 1.82) is 0 Å². The van der Waals surface area contributed by atoms with Gasteiger partial charge in [-0.2, -0.15) is 0 Å². The number of benzene rings is 2. The van der Waals surface area contributed by atoms with Gasteiger partial charge in [-0.3, -0.25) is 14.4 Å². The van der Waals surface area contributed by atoms with Crippen molar-refractivity contribution in [3.05, 3.63) is 99.3 Å². The lowest BCUT2D eigenvalue weighted by Gasteiger charge is -2.35. The summed E-state index contributed by atoms with van der Waals surface area (Å²) in [6, 6.07) is 20.6. The van der Waals surface area contributed by atoms with Crippen LogP contribution in [-0.4, -0.2) is 27.5 Å². The fraction of sp³-hybridized carbons (Fsp3) is 0.258. The lowest BCUT2D eigenvalue weighted by atomic mass is 9.85. The summed E-state index contributed by atoms with van der Waals surface area (Å²) in [6.45, 7) is 1.90. The Morgan fingerprint density at radius 2 is 1.75 bits per heavy atom. The van der Waals surface area contributed by atoms with Crippen molar-refractivity contribution in [2.45, 2.75) is 51.5 Å². The van der Waals surface area contributed by atoms with Crippen LogP contribution in [0.25, 0.3) is 22.3 Å². The first kappa shape index (κ1) is 25.5. The van der Waals surface area contributed by atoms with E-state index in [0.29, 0.717) is 23.5 Å². The predicted octanol–water partition coefficient (Wildman–Crippen LogP) is 4.15. The first-order valence-electron chi connectivity index (χ1n) is 13.1. The summed E-state index contributed by atoms with van der Waals surface area (Å²) >= 11 is 0. The maximum Gasteiger partial charge on any atom is 0.355 e. The van der Waals surface area contributed by atoms with Crippen molar-refractivity contribution < 1.29 is 28.6 Å². The molecule has 40 heavy (non-hydrogen) atoms. The van der Waals surface area contributed by atoms with E-state index in [2.05, 4.69) is 0 Å². The van der Waals surface area contributed by atoms with Gasteiger partial charge >= 0.3 is 17.9 Å². The van der Waals surface area contributed by atoms with E-state index in [1.165, 1.54) is 0 Å². The quantitative estimate of drug-likeness (QED) is 0.224. The van der Waals surface area contributed by atoms with Crippen molar-refractivity contribution in [2.75, 3.05) is 0 Å². The summed E-state index contributed by atoms with van der Waals surface area (Å²) in [6.07, 6.45) is -0.465. The monoisotopic (exact) mass is 538 g/mol. The molecular formula is C31H26N2O7. The molecule has 0 saturated heterocycles. The number of aromatic nitrogens is 2. The number of esters is 3. The van der Waals surface area contributed by atoms with E-state index in [1.807, 2.05) is 60.7 Å². The maximum absolute atomic E-state index is 13.6. The number of hydrogen-bond donors (Lipinski definition) is 0. The maximum atomic E-state index is 13.6. The van der Waals surface area contributed by atoms with Crippen LogP contribution in [0, 0.1) is 0 Å². The van der Waals surface area contributed by atoms with Crippen LogP contribution in [-0.2, 0) is 54.0 Å². The average Bonchev–Trinajstić information content (AvgIpc) is 3.33. The molecule has 0 aliphatic carbocycles. The number of carbonyl (C=O) groups excluding carboxylic acids is 3. The van der Waals surface area contributed by atoms with Gasteiger partial charge in [0, 0.05) is 16.5 Å². The van der Waals surface area contributed by atoms with Crippen molar-refractivity contribution in [2.24, 2.45) is 0 Å². The van der Waals surface area contributed by atoms with E-state index < -0.39 is 23.5 Å². The minimum absolute atomic E-state index is 0.0456. The van der Waals surface area contributed by atoms with Gasteiger partial charge in [-0.05, 0) is 30.2 Å². The Kier molecular flexibility index (Phi) is 6.42. The van der Waals surface area contributed by atoms with Gasteiger partial charge in [0.05, 0.1) is 41.9 Å². The number of pyridine rings is 2. The molecule has 1 atom stereocenters. The van der Waals surface area contributed by atoms with Crippen LogP contribution in [0.5, 0.6) is 0 Å². The highest BCUT2D eigenvalue weighted by molar-refractivity contribution is 5.89. The van der Waals surface area contributed by atoms with E-state index in [9.17, 15) is 19.2 Å². The third-order valence-corrected chi connectivity index (χ3v) is 7.45. The molecule has 202 valence electrons. The highest BCUT2D eigenvalue weighted by Crippen LogP contribution is 2.41. The van der Waals surface area contributed by atoms with Crippen molar-refractivity contribution in [3.63, 3.8) is 0 Å². The van der Waals surface area contributed by atoms with Gasteiger partial charge in [0.2, 0.25) is 5.60 Å². The number of rotatable bonds is 7. The number of hydrogen-bond acceptors (Lipinski definition) is 8. The molecule has 4 aromatic rings. The van der Waals surface area contributed by atoms with Gasteiger partial charge < -0.3 is 18.8 Å². The van der Waals surface area contributed by atoms with E-state index in [1.54, 1.807) is 17.6 Å². The molecule has 2 aromatic heterocycles. The zero-order chi connectivity index (χ0) is 27.9. The van der Waals surface area contributed by atoms with Crippen molar-refractivity contribution in [3.8, 4) is 11.4 Å². The van der Waals surface area contributed by atoms with Crippen LogP contribution in [0.4, 0.5) is 0 Å². The normalized spacial score (nSPS) is 17.0. The highest BCUT2D eigenvalue weighted by Gasteiger charge is 2.50. The molecule has 0 unspecified atom stereocenters. The molecule has 2 aromatic carbocycles. The largest absolute Gasteiger partial charge is 0.461 e. The average molecular weight is 539 g/mol. The number of fused-ring (bicyclic) bond motifs is 5. The van der Waals surface area contributed by atoms with E-state index in [4.69, 9.17) is 19.2 Å². The Hall–Kier alpha value is -4.79. The van der Waals surface area contributed by atoms with Gasteiger partial charge in [-0.15, -0.1) is 0 Å². The predicted molar refractivity (Wildman–Crippen MR) is 144 cm³/mol. The Balaban J connectivity index is 1.27. The Morgan fingerprint density at radius 3 is 2.55 bits per heavy atom. The number of nitrogens with zero attached hydrogens (tertiary/aromatic N) is 2. The van der Waals surface area contributed by atoms with Gasteiger partial charge in [-0.1, -0.05) is 55.5 Å². The Morgan fingerprint density at radius 1 is 1.00 bits per heavy atom. The summed E-state index contributed by atoms with van der Waals surface area (Å²) in [5, 5.41) is 0.963. The van der Waals surface area contributed by atoms with Crippen molar-refractivity contribution >= 4 is 28.8 Å². The van der Waals surface area contributed by atoms with Crippen LogP contribution in [0.1, 0.15) is 48.4 Å². The van der Waals surface area contributed by atoms with E-state index >= 15 is 0 Å². The van der Waals surface area contributed by atoms with Crippen LogP contribution < -0.4 is 5.56 Å². The number of para-hydroxylation sites is 1. The molecule has 0 saturated carbocycles. The molecule has 0 N–H and O–H groups in total. The van der Waals surface area contributed by atoms with Crippen LogP contribution in [0.3, 0.4) is 0 Å². The zero-order valence-corrected chi connectivity index (χ0v) is 21.8. The Labute approximate surface area is 229 Å². The molecule has 0 spiro atoms. The lowest BCUT2D eigenvalue weighted by Crippen LogP contribution is -2.47. The van der Waals surface area contributed by atoms with Crippen LogP contribution in [0.2, 0.25) is 0 Å². The number of ether oxygens (including phenoxy) is 3. The summed E-state index contributed by atoms with van der Waals surface area (Å²) in [5.41, 5.74) is 2.13. The molecule has 4 heterocycles. The lowest BCUT2D eigenvalue weighted by molar-refractivity contribution is -0.189. The summed E-state index contributed by atoms with van der Waals surface area (Å²) in [7, 11) is 0. The minimum Gasteiger partial charge on any atom is -0.461 e. The molecule has 0 amide bonds. The number of cyclic esters (lactones) is 1. The molecule has 6 rings (SSSR count). The third-order valence-electron chi connectivity index (χ3n) is 7.45. The fourth-order valence-electron chi connectivity index (χ4n) is 5.34. The molecule has 0 bridgehead atoms. The Bertz CT molecular complexity index is 1730.